The van der Waals surface area contributed by atoms with Gasteiger partial charge in [0.2, 0.25) is 5.88 Å². The van der Waals surface area contributed by atoms with Gasteiger partial charge >= 0.3 is 0 Å². The molecule has 0 atom stereocenters. The summed E-state index contributed by atoms with van der Waals surface area (Å²) in [5.41, 5.74) is 0.710. The van der Waals surface area contributed by atoms with Gasteiger partial charge in [-0.15, -0.1) is 0 Å². The number of nitrogens with zero attached hydrogens (tertiary/aromatic N) is 2. The molecule has 14 heavy (non-hydrogen) atoms. The smallest absolute Gasteiger partial charge is 0.240 e. The molecule has 2 aromatic rings. The molecule has 2 rings (SSSR count). The maximum atomic E-state index is 6.01. The molecular weight excluding hydrogens is 200 g/mol. The summed E-state index contributed by atoms with van der Waals surface area (Å²) in [6, 6.07) is 3.58. The van der Waals surface area contributed by atoms with Crippen molar-refractivity contribution < 1.29 is 4.74 Å². The zero-order valence-electron chi connectivity index (χ0n) is 7.70. The first-order valence-corrected chi connectivity index (χ1v) is 4.72. The molecule has 0 saturated heterocycles. The molecule has 0 fully saturated rings. The van der Waals surface area contributed by atoms with Gasteiger partial charge in [-0.05, 0) is 19.1 Å². The quantitative estimate of drug-likeness (QED) is 0.761. The molecule has 0 bridgehead atoms. The number of halogens is 1. The van der Waals surface area contributed by atoms with Crippen LogP contribution < -0.4 is 4.74 Å². The number of aromatic nitrogens is 2. The van der Waals surface area contributed by atoms with Crippen molar-refractivity contribution in [3.8, 4) is 5.88 Å². The van der Waals surface area contributed by atoms with Crippen LogP contribution >= 0.6 is 11.6 Å². The Balaban J connectivity index is 2.68. The number of hydrogen-bond acceptors (Lipinski definition) is 3. The SMILES string of the molecule is CCOc1nccc2c(Cl)ccnc12. The molecule has 0 saturated carbocycles. The summed E-state index contributed by atoms with van der Waals surface area (Å²) in [7, 11) is 0. The molecule has 0 aromatic carbocycles. The minimum Gasteiger partial charge on any atom is -0.476 e. The monoisotopic (exact) mass is 208 g/mol. The molecule has 0 aliphatic carbocycles. The Hall–Kier alpha value is -1.35. The highest BCUT2D eigenvalue weighted by atomic mass is 35.5. The van der Waals surface area contributed by atoms with E-state index >= 15 is 0 Å². The van der Waals surface area contributed by atoms with Gasteiger partial charge in [0, 0.05) is 17.8 Å². The standard InChI is InChI=1S/C10H9ClN2O/c1-2-14-10-9-7(3-5-13-10)8(11)4-6-12-9/h3-6H,2H2,1H3. The fraction of sp³-hybridized carbons (Fsp3) is 0.200. The minimum atomic E-state index is 0.535. The second kappa shape index (κ2) is 3.80. The van der Waals surface area contributed by atoms with Crippen molar-refractivity contribution in [3.05, 3.63) is 29.5 Å². The van der Waals surface area contributed by atoms with E-state index < -0.39 is 0 Å². The topological polar surface area (TPSA) is 35.0 Å². The van der Waals surface area contributed by atoms with Crippen LogP contribution in [0.15, 0.2) is 24.5 Å². The van der Waals surface area contributed by atoms with Crippen molar-refractivity contribution in [2.24, 2.45) is 0 Å². The van der Waals surface area contributed by atoms with Crippen LogP contribution in [0.3, 0.4) is 0 Å². The summed E-state index contributed by atoms with van der Waals surface area (Å²) < 4.78 is 5.34. The molecule has 0 amide bonds. The Morgan fingerprint density at radius 2 is 2.07 bits per heavy atom. The lowest BCUT2D eigenvalue weighted by Crippen LogP contribution is -1.96. The van der Waals surface area contributed by atoms with E-state index in [1.165, 1.54) is 0 Å². The first-order chi connectivity index (χ1) is 6.83. The van der Waals surface area contributed by atoms with Crippen LogP contribution in [0.25, 0.3) is 10.9 Å². The second-order valence-electron chi connectivity index (χ2n) is 2.74. The van der Waals surface area contributed by atoms with Gasteiger partial charge in [-0.1, -0.05) is 11.6 Å². The Morgan fingerprint density at radius 1 is 1.29 bits per heavy atom. The van der Waals surface area contributed by atoms with Gasteiger partial charge in [-0.3, -0.25) is 4.98 Å². The fourth-order valence-corrected chi connectivity index (χ4v) is 1.47. The van der Waals surface area contributed by atoms with E-state index in [9.17, 15) is 0 Å². The molecule has 0 radical (unpaired) electrons. The summed E-state index contributed by atoms with van der Waals surface area (Å²) in [5, 5.41) is 1.53. The van der Waals surface area contributed by atoms with E-state index in [1.807, 2.05) is 13.0 Å². The molecule has 3 nitrogen and oxygen atoms in total. The van der Waals surface area contributed by atoms with Crippen LogP contribution in [0.4, 0.5) is 0 Å². The number of hydrogen-bond donors (Lipinski definition) is 0. The van der Waals surface area contributed by atoms with Crippen molar-refractivity contribution in [3.63, 3.8) is 0 Å². The van der Waals surface area contributed by atoms with E-state index in [-0.39, 0.29) is 0 Å². The molecule has 0 aliphatic rings. The highest BCUT2D eigenvalue weighted by molar-refractivity contribution is 6.35. The van der Waals surface area contributed by atoms with Gasteiger partial charge in [-0.2, -0.15) is 0 Å². The van der Waals surface area contributed by atoms with Crippen LogP contribution in [0, 0.1) is 0 Å². The summed E-state index contributed by atoms with van der Waals surface area (Å²) >= 11 is 6.01. The normalized spacial score (nSPS) is 10.4. The molecule has 4 heteroatoms. The van der Waals surface area contributed by atoms with E-state index in [1.54, 1.807) is 18.5 Å². The average Bonchev–Trinajstić information content (AvgIpc) is 2.20. The maximum Gasteiger partial charge on any atom is 0.240 e. The Bertz CT molecular complexity index is 459. The lowest BCUT2D eigenvalue weighted by atomic mass is 10.2. The minimum absolute atomic E-state index is 0.535. The van der Waals surface area contributed by atoms with E-state index in [4.69, 9.17) is 16.3 Å². The van der Waals surface area contributed by atoms with Gasteiger partial charge < -0.3 is 4.74 Å². The Labute approximate surface area is 86.7 Å². The van der Waals surface area contributed by atoms with Gasteiger partial charge in [0.15, 0.2) is 0 Å². The largest absolute Gasteiger partial charge is 0.476 e. The number of pyridine rings is 2. The average molecular weight is 209 g/mol. The molecule has 0 spiro atoms. The van der Waals surface area contributed by atoms with Crippen molar-refractivity contribution >= 4 is 22.5 Å². The lowest BCUT2D eigenvalue weighted by Gasteiger charge is -2.05. The summed E-state index contributed by atoms with van der Waals surface area (Å²) in [6.45, 7) is 2.48. The summed E-state index contributed by atoms with van der Waals surface area (Å²) in [4.78, 5) is 8.28. The van der Waals surface area contributed by atoms with Crippen LogP contribution in [0.2, 0.25) is 5.02 Å². The summed E-state index contributed by atoms with van der Waals surface area (Å²) in [6.07, 6.45) is 3.32. The zero-order chi connectivity index (χ0) is 9.97. The predicted octanol–water partition coefficient (Wildman–Crippen LogP) is 2.68. The zero-order valence-corrected chi connectivity index (χ0v) is 8.45. The van der Waals surface area contributed by atoms with E-state index in [2.05, 4.69) is 9.97 Å². The third-order valence-corrected chi connectivity index (χ3v) is 2.18. The fourth-order valence-electron chi connectivity index (χ4n) is 1.26. The molecule has 2 heterocycles. The lowest BCUT2D eigenvalue weighted by molar-refractivity contribution is 0.330. The second-order valence-corrected chi connectivity index (χ2v) is 3.15. The highest BCUT2D eigenvalue weighted by Crippen LogP contribution is 2.26. The van der Waals surface area contributed by atoms with Crippen molar-refractivity contribution in [2.45, 2.75) is 6.92 Å². The summed E-state index contributed by atoms with van der Waals surface area (Å²) in [5.74, 6) is 0.535. The number of rotatable bonds is 2. The van der Waals surface area contributed by atoms with Crippen LogP contribution in [-0.4, -0.2) is 16.6 Å². The van der Waals surface area contributed by atoms with E-state index in [0.29, 0.717) is 23.0 Å². The van der Waals surface area contributed by atoms with Gasteiger partial charge in [0.1, 0.15) is 5.52 Å². The van der Waals surface area contributed by atoms with Crippen molar-refractivity contribution in [2.75, 3.05) is 6.61 Å². The molecule has 2 aromatic heterocycles. The van der Waals surface area contributed by atoms with E-state index in [0.717, 1.165) is 5.39 Å². The van der Waals surface area contributed by atoms with Crippen LogP contribution in [0.5, 0.6) is 5.88 Å². The number of fused-ring (bicyclic) bond motifs is 1. The maximum absolute atomic E-state index is 6.01. The van der Waals surface area contributed by atoms with Gasteiger partial charge in [0.25, 0.3) is 0 Å². The molecule has 72 valence electrons. The van der Waals surface area contributed by atoms with Crippen molar-refractivity contribution in [1.82, 2.24) is 9.97 Å². The first kappa shape index (κ1) is 9.21. The molecule has 0 N–H and O–H groups in total. The molecule has 0 unspecified atom stereocenters. The third kappa shape index (κ3) is 1.51. The Kier molecular flexibility index (Phi) is 2.50. The first-order valence-electron chi connectivity index (χ1n) is 4.35. The Morgan fingerprint density at radius 3 is 2.86 bits per heavy atom. The predicted molar refractivity (Wildman–Crippen MR) is 55.7 cm³/mol. The molecule has 0 aliphatic heterocycles. The third-order valence-electron chi connectivity index (χ3n) is 1.85. The molecular formula is C10H9ClN2O. The van der Waals surface area contributed by atoms with Gasteiger partial charge in [-0.25, -0.2) is 4.98 Å². The van der Waals surface area contributed by atoms with Crippen LogP contribution in [0.1, 0.15) is 6.92 Å². The van der Waals surface area contributed by atoms with Gasteiger partial charge in [0.05, 0.1) is 11.6 Å². The highest BCUT2D eigenvalue weighted by Gasteiger charge is 2.06. The number of ether oxygens (including phenoxy) is 1. The van der Waals surface area contributed by atoms with Crippen molar-refractivity contribution in [1.29, 1.82) is 0 Å². The van der Waals surface area contributed by atoms with Crippen LogP contribution in [-0.2, 0) is 0 Å².